The van der Waals surface area contributed by atoms with E-state index in [-0.39, 0.29) is 32.0 Å². The van der Waals surface area contributed by atoms with Crippen LogP contribution in [-0.4, -0.2) is 82.7 Å². The molecular weight excluding hydrogens is 504 g/mol. The number of pyridine rings is 2. The van der Waals surface area contributed by atoms with Crippen LogP contribution in [-0.2, 0) is 34.8 Å². The number of fused-ring (bicyclic) bond motifs is 6. The van der Waals surface area contributed by atoms with Crippen molar-refractivity contribution in [1.29, 1.82) is 0 Å². The van der Waals surface area contributed by atoms with E-state index in [1.807, 2.05) is 26.2 Å². The molecule has 0 aliphatic carbocycles. The summed E-state index contributed by atoms with van der Waals surface area (Å²) in [5, 5.41) is 21.4. The number of carbonyl (C=O) groups excluding carboxylic acids is 1. The number of hydrogen-bond donors (Lipinski definition) is 2. The lowest BCUT2D eigenvalue weighted by Gasteiger charge is -2.31. The van der Waals surface area contributed by atoms with E-state index in [4.69, 9.17) is 19.2 Å². The molecule has 5 heterocycles. The molecule has 2 aromatic heterocycles. The van der Waals surface area contributed by atoms with Crippen molar-refractivity contribution in [3.05, 3.63) is 50.8 Å². The van der Waals surface area contributed by atoms with Crippen molar-refractivity contribution >= 4 is 16.9 Å². The summed E-state index contributed by atoms with van der Waals surface area (Å²) in [5.41, 5.74) is 2.31. The fraction of sp³-hybridized carbons (Fsp3) is 0.464. The van der Waals surface area contributed by atoms with Gasteiger partial charge in [-0.1, -0.05) is 6.92 Å². The highest BCUT2D eigenvalue weighted by Gasteiger charge is 2.45. The van der Waals surface area contributed by atoms with Gasteiger partial charge in [-0.3, -0.25) is 4.79 Å². The van der Waals surface area contributed by atoms with E-state index in [0.29, 0.717) is 59.2 Å². The number of nitrogens with zero attached hydrogens (tertiary/aromatic N) is 4. The third-order valence-corrected chi connectivity index (χ3v) is 8.07. The zero-order chi connectivity index (χ0) is 27.5. The molecule has 39 heavy (non-hydrogen) atoms. The molecule has 206 valence electrons. The molecular formula is C28H32N4O7. The van der Waals surface area contributed by atoms with Gasteiger partial charge in [-0.25, -0.2) is 9.78 Å². The molecule has 0 radical (unpaired) electrons. The van der Waals surface area contributed by atoms with E-state index in [9.17, 15) is 19.8 Å². The zero-order valence-corrected chi connectivity index (χ0v) is 22.3. The Morgan fingerprint density at radius 1 is 1.03 bits per heavy atom. The van der Waals surface area contributed by atoms with Crippen LogP contribution in [0.4, 0.5) is 0 Å². The zero-order valence-electron chi connectivity index (χ0n) is 22.3. The fourth-order valence-corrected chi connectivity index (χ4v) is 5.71. The molecule has 0 fully saturated rings. The Morgan fingerprint density at radius 2 is 1.77 bits per heavy atom. The molecule has 1 atom stereocenters. The van der Waals surface area contributed by atoms with Gasteiger partial charge in [-0.05, 0) is 38.2 Å². The van der Waals surface area contributed by atoms with E-state index in [0.717, 1.165) is 29.6 Å². The van der Waals surface area contributed by atoms with Crippen LogP contribution in [0.5, 0.6) is 11.5 Å². The van der Waals surface area contributed by atoms with E-state index >= 15 is 0 Å². The van der Waals surface area contributed by atoms with Gasteiger partial charge in [0.1, 0.15) is 6.61 Å². The molecule has 0 saturated carbocycles. The first-order valence-corrected chi connectivity index (χ1v) is 13.1. The molecule has 2 N–H and O–H groups in total. The summed E-state index contributed by atoms with van der Waals surface area (Å²) in [6, 6.07) is 5.54. The number of carbonyl (C=O) groups is 1. The van der Waals surface area contributed by atoms with E-state index in [1.165, 1.54) is 0 Å². The number of ether oxygens (including phenoxy) is 3. The minimum Gasteiger partial charge on any atom is -0.458 e. The van der Waals surface area contributed by atoms with E-state index in [2.05, 4.69) is 9.80 Å². The van der Waals surface area contributed by atoms with Crippen LogP contribution in [0.25, 0.3) is 22.3 Å². The maximum atomic E-state index is 13.7. The summed E-state index contributed by atoms with van der Waals surface area (Å²) >= 11 is 0. The minimum atomic E-state index is -1.88. The van der Waals surface area contributed by atoms with Gasteiger partial charge < -0.3 is 38.8 Å². The molecule has 3 aromatic rings. The first kappa shape index (κ1) is 25.8. The summed E-state index contributed by atoms with van der Waals surface area (Å²) in [6.07, 6.45) is 0.0873. The Hall–Kier alpha value is -3.51. The van der Waals surface area contributed by atoms with E-state index < -0.39 is 11.6 Å². The van der Waals surface area contributed by atoms with Crippen LogP contribution in [0.15, 0.2) is 23.0 Å². The number of cyclic esters (lactones) is 1. The Labute approximate surface area is 225 Å². The van der Waals surface area contributed by atoms with Crippen molar-refractivity contribution < 1.29 is 29.2 Å². The van der Waals surface area contributed by atoms with Crippen molar-refractivity contribution in [2.75, 3.05) is 47.1 Å². The monoisotopic (exact) mass is 536 g/mol. The second-order valence-electron chi connectivity index (χ2n) is 10.5. The maximum Gasteiger partial charge on any atom is 0.343 e. The highest BCUT2D eigenvalue weighted by Crippen LogP contribution is 2.43. The molecule has 0 unspecified atom stereocenters. The van der Waals surface area contributed by atoms with Crippen LogP contribution in [0.3, 0.4) is 0 Å². The lowest BCUT2D eigenvalue weighted by atomic mass is 9.86. The minimum absolute atomic E-state index is 0.0873. The molecule has 1 aromatic carbocycles. The van der Waals surface area contributed by atoms with Crippen LogP contribution in [0.1, 0.15) is 35.6 Å². The number of aliphatic hydroxyl groups excluding tert-OH is 1. The highest BCUT2D eigenvalue weighted by molar-refractivity contribution is 5.91. The maximum absolute atomic E-state index is 13.7. The molecule has 11 heteroatoms. The first-order valence-electron chi connectivity index (χ1n) is 13.1. The van der Waals surface area contributed by atoms with Crippen molar-refractivity contribution in [3.63, 3.8) is 0 Å². The quantitative estimate of drug-likeness (QED) is 0.317. The van der Waals surface area contributed by atoms with Gasteiger partial charge in [-0.2, -0.15) is 0 Å². The normalized spacial score (nSPS) is 19.0. The molecule has 0 amide bonds. The van der Waals surface area contributed by atoms with Crippen molar-refractivity contribution in [2.45, 2.75) is 38.6 Å². The Kier molecular flexibility index (Phi) is 6.34. The first-order chi connectivity index (χ1) is 18.7. The molecule has 0 spiro atoms. The smallest absolute Gasteiger partial charge is 0.343 e. The lowest BCUT2D eigenvalue weighted by Crippen LogP contribution is -2.44. The Bertz CT molecular complexity index is 1550. The second-order valence-corrected chi connectivity index (χ2v) is 10.5. The van der Waals surface area contributed by atoms with Crippen LogP contribution in [0.2, 0.25) is 0 Å². The number of esters is 1. The lowest BCUT2D eigenvalue weighted by molar-refractivity contribution is -0.172. The van der Waals surface area contributed by atoms with Crippen LogP contribution >= 0.6 is 0 Å². The number of rotatable bonds is 8. The molecule has 6 rings (SSSR count). The number of benzene rings is 1. The summed E-state index contributed by atoms with van der Waals surface area (Å²) in [5.74, 6) is 0.527. The van der Waals surface area contributed by atoms with Gasteiger partial charge in [0.2, 0.25) is 6.79 Å². The number of aliphatic hydroxyl groups is 2. The third kappa shape index (κ3) is 4.08. The van der Waals surface area contributed by atoms with Crippen molar-refractivity contribution in [1.82, 2.24) is 19.4 Å². The Morgan fingerprint density at radius 3 is 2.51 bits per heavy atom. The summed E-state index contributed by atoms with van der Waals surface area (Å²) < 4.78 is 18.1. The van der Waals surface area contributed by atoms with Gasteiger partial charge in [-0.15, -0.1) is 0 Å². The summed E-state index contributed by atoms with van der Waals surface area (Å²) in [6.45, 7) is 4.84. The number of hydrogen-bond acceptors (Lipinski definition) is 10. The number of likely N-dealkylation sites (N-methyl/N-ethyl adjacent to an activating group) is 2. The average molecular weight is 537 g/mol. The standard InChI is InChI=1S/C28H32N4O7/c1-4-28(36)20-10-22-25-18(13-32(22)26(34)19(20)14-37-27(28)35)17(12-31(3)6-5-30(2)7-8-33)16-9-23-24(39-15-38-23)11-21(16)29-25/h9-11,33,36H,4-8,12-15H2,1-3H3/t28-/m0/s1. The summed E-state index contributed by atoms with van der Waals surface area (Å²) in [4.78, 5) is 35.4. The van der Waals surface area contributed by atoms with E-state index in [1.54, 1.807) is 17.6 Å². The molecule has 3 aliphatic heterocycles. The van der Waals surface area contributed by atoms with Gasteiger partial charge in [0.05, 0.1) is 35.6 Å². The van der Waals surface area contributed by atoms with Crippen LogP contribution < -0.4 is 15.0 Å². The molecule has 3 aliphatic rings. The SMILES string of the molecule is CC[C@@]1(O)C(=O)OCc2c1cc1n(c2=O)Cc2c-1nc1cc3c(cc1c2CN(C)CCN(C)CCO)OCO3. The predicted octanol–water partition coefficient (Wildman–Crippen LogP) is 1.16. The van der Waals surface area contributed by atoms with Gasteiger partial charge in [0.25, 0.3) is 5.56 Å². The Balaban J connectivity index is 1.49. The topological polar surface area (TPSA) is 127 Å². The fourth-order valence-electron chi connectivity index (χ4n) is 5.71. The van der Waals surface area contributed by atoms with Gasteiger partial charge >= 0.3 is 5.97 Å². The van der Waals surface area contributed by atoms with Crippen molar-refractivity contribution in [3.8, 4) is 22.9 Å². The molecule has 0 bridgehead atoms. The largest absolute Gasteiger partial charge is 0.458 e. The highest BCUT2D eigenvalue weighted by atomic mass is 16.7. The molecule has 0 saturated heterocycles. The molecule has 11 nitrogen and oxygen atoms in total. The van der Waals surface area contributed by atoms with Gasteiger partial charge in [0.15, 0.2) is 17.1 Å². The third-order valence-electron chi connectivity index (χ3n) is 8.07. The number of aromatic nitrogens is 2. The second kappa shape index (κ2) is 9.60. The van der Waals surface area contributed by atoms with Crippen molar-refractivity contribution in [2.24, 2.45) is 0 Å². The average Bonchev–Trinajstić information content (AvgIpc) is 3.53. The summed E-state index contributed by atoms with van der Waals surface area (Å²) in [7, 11) is 4.01. The predicted molar refractivity (Wildman–Crippen MR) is 142 cm³/mol. The van der Waals surface area contributed by atoms with Crippen LogP contribution in [0, 0.1) is 0 Å². The van der Waals surface area contributed by atoms with Gasteiger partial charge in [0, 0.05) is 48.8 Å².